The fourth-order valence-corrected chi connectivity index (χ4v) is 3.60. The van der Waals surface area contributed by atoms with Gasteiger partial charge in [0.2, 0.25) is 0 Å². The van der Waals surface area contributed by atoms with Gasteiger partial charge >= 0.3 is 11.7 Å². The molecule has 21 heavy (non-hydrogen) atoms. The molecule has 1 heterocycles. The lowest BCUT2D eigenvalue weighted by molar-refractivity contribution is 0.0690. The first kappa shape index (κ1) is 16.1. The molecule has 2 aromatic rings. The van der Waals surface area contributed by atoms with Crippen LogP contribution in [0, 0.1) is 6.92 Å². The van der Waals surface area contributed by atoms with Crippen LogP contribution in [-0.2, 0) is 5.75 Å². The van der Waals surface area contributed by atoms with Gasteiger partial charge in [-0.25, -0.2) is 9.59 Å². The van der Waals surface area contributed by atoms with Crippen molar-refractivity contribution in [3.63, 3.8) is 0 Å². The third-order valence-corrected chi connectivity index (χ3v) is 4.55. The first-order valence-corrected chi connectivity index (χ1v) is 7.95. The zero-order valence-corrected chi connectivity index (χ0v) is 14.0. The molecule has 0 saturated carbocycles. The number of aryl methyl sites for hydroxylation is 1. The fraction of sp³-hybridized carbons (Fsp3) is 0.154. The van der Waals surface area contributed by atoms with Gasteiger partial charge in [-0.15, -0.1) is 11.8 Å². The van der Waals surface area contributed by atoms with Crippen molar-refractivity contribution >= 4 is 45.3 Å². The predicted molar refractivity (Wildman–Crippen MR) is 85.3 cm³/mol. The fourth-order valence-electron chi connectivity index (χ4n) is 1.70. The maximum atomic E-state index is 11.4. The second kappa shape index (κ2) is 6.64. The zero-order valence-electron chi connectivity index (χ0n) is 10.8. The molecule has 5 nitrogen and oxygen atoms in total. The van der Waals surface area contributed by atoms with Crippen molar-refractivity contribution in [1.82, 2.24) is 9.97 Å². The summed E-state index contributed by atoms with van der Waals surface area (Å²) in [6.07, 6.45) is 0. The van der Waals surface area contributed by atoms with Gasteiger partial charge in [0, 0.05) is 20.9 Å². The number of benzene rings is 1. The monoisotopic (exact) mass is 388 g/mol. The SMILES string of the molecule is Cc1[nH]c(=O)nc(SCc2ccc(Br)cc2Cl)c1C(=O)O. The van der Waals surface area contributed by atoms with Gasteiger partial charge in [0.05, 0.1) is 0 Å². The molecular weight excluding hydrogens is 380 g/mol. The molecule has 0 aliphatic rings. The van der Waals surface area contributed by atoms with Crippen LogP contribution in [0.25, 0.3) is 0 Å². The van der Waals surface area contributed by atoms with Crippen LogP contribution in [0.3, 0.4) is 0 Å². The third-order valence-electron chi connectivity index (χ3n) is 2.68. The summed E-state index contributed by atoms with van der Waals surface area (Å²) < 4.78 is 0.859. The van der Waals surface area contributed by atoms with Crippen molar-refractivity contribution in [3.8, 4) is 0 Å². The molecule has 0 aliphatic heterocycles. The van der Waals surface area contributed by atoms with Gasteiger partial charge in [0.15, 0.2) is 0 Å². The standard InChI is InChI=1S/C13H10BrClN2O3S/c1-6-10(12(18)19)11(17-13(20)16-6)21-5-7-2-3-8(14)4-9(7)15/h2-4H,5H2,1H3,(H,18,19)(H,16,17,20). The molecule has 8 heteroatoms. The minimum atomic E-state index is -1.12. The second-order valence-electron chi connectivity index (χ2n) is 4.18. The maximum Gasteiger partial charge on any atom is 0.346 e. The number of aromatic amines is 1. The van der Waals surface area contributed by atoms with Crippen molar-refractivity contribution in [1.29, 1.82) is 0 Å². The first-order chi connectivity index (χ1) is 9.88. The molecule has 0 radical (unpaired) electrons. The number of carboxylic acid groups (broad SMARTS) is 1. The van der Waals surface area contributed by atoms with Crippen molar-refractivity contribution in [2.24, 2.45) is 0 Å². The van der Waals surface area contributed by atoms with Crippen LogP contribution in [0.2, 0.25) is 5.02 Å². The highest BCUT2D eigenvalue weighted by atomic mass is 79.9. The number of thioether (sulfide) groups is 1. The topological polar surface area (TPSA) is 83.0 Å². The Hall–Kier alpha value is -1.31. The van der Waals surface area contributed by atoms with E-state index < -0.39 is 11.7 Å². The number of halogens is 2. The molecule has 2 rings (SSSR count). The Kier molecular flexibility index (Phi) is 5.08. The van der Waals surface area contributed by atoms with E-state index in [0.29, 0.717) is 10.8 Å². The van der Waals surface area contributed by atoms with E-state index in [9.17, 15) is 14.7 Å². The van der Waals surface area contributed by atoms with E-state index in [1.807, 2.05) is 12.1 Å². The lowest BCUT2D eigenvalue weighted by atomic mass is 10.2. The van der Waals surface area contributed by atoms with Crippen LogP contribution in [0.1, 0.15) is 21.6 Å². The van der Waals surface area contributed by atoms with Crippen LogP contribution >= 0.6 is 39.3 Å². The summed E-state index contributed by atoms with van der Waals surface area (Å²) >= 11 is 10.6. The van der Waals surface area contributed by atoms with Crippen molar-refractivity contribution in [2.75, 3.05) is 0 Å². The Labute approximate surface area is 137 Å². The summed E-state index contributed by atoms with van der Waals surface area (Å²) in [5.41, 5.74) is 0.558. The van der Waals surface area contributed by atoms with E-state index in [1.54, 1.807) is 6.07 Å². The molecule has 0 aliphatic carbocycles. The number of hydrogen-bond donors (Lipinski definition) is 2. The smallest absolute Gasteiger partial charge is 0.346 e. The minimum Gasteiger partial charge on any atom is -0.478 e. The Balaban J connectivity index is 2.31. The second-order valence-corrected chi connectivity index (χ2v) is 6.46. The van der Waals surface area contributed by atoms with Gasteiger partial charge < -0.3 is 10.1 Å². The number of hydrogen-bond acceptors (Lipinski definition) is 4. The normalized spacial score (nSPS) is 10.6. The Morgan fingerprint density at radius 3 is 2.86 bits per heavy atom. The van der Waals surface area contributed by atoms with Gasteiger partial charge in [-0.1, -0.05) is 33.6 Å². The molecule has 2 N–H and O–H groups in total. The third kappa shape index (κ3) is 3.87. The first-order valence-electron chi connectivity index (χ1n) is 5.79. The van der Waals surface area contributed by atoms with Gasteiger partial charge in [-0.2, -0.15) is 4.98 Å². The molecule has 0 spiro atoms. The molecule has 110 valence electrons. The molecule has 1 aromatic heterocycles. The molecule has 0 saturated heterocycles. The van der Waals surface area contributed by atoms with E-state index in [0.717, 1.165) is 10.0 Å². The number of rotatable bonds is 4. The van der Waals surface area contributed by atoms with Gasteiger partial charge in [0.25, 0.3) is 0 Å². The van der Waals surface area contributed by atoms with E-state index in [2.05, 4.69) is 25.9 Å². The molecule has 0 amide bonds. The number of H-pyrrole nitrogens is 1. The summed E-state index contributed by atoms with van der Waals surface area (Å²) in [7, 11) is 0. The summed E-state index contributed by atoms with van der Waals surface area (Å²) in [6, 6.07) is 5.43. The highest BCUT2D eigenvalue weighted by molar-refractivity contribution is 9.10. The van der Waals surface area contributed by atoms with Crippen LogP contribution in [0.15, 0.2) is 32.5 Å². The average molecular weight is 390 g/mol. The maximum absolute atomic E-state index is 11.4. The number of carbonyl (C=O) groups is 1. The number of nitrogens with one attached hydrogen (secondary N) is 1. The number of aromatic carboxylic acids is 1. The number of aromatic nitrogens is 2. The van der Waals surface area contributed by atoms with E-state index in [4.69, 9.17) is 11.6 Å². The number of carboxylic acids is 1. The summed E-state index contributed by atoms with van der Waals surface area (Å²) in [4.78, 5) is 28.8. The Morgan fingerprint density at radius 1 is 1.52 bits per heavy atom. The Morgan fingerprint density at radius 2 is 2.24 bits per heavy atom. The van der Waals surface area contributed by atoms with E-state index in [-0.39, 0.29) is 16.3 Å². The van der Waals surface area contributed by atoms with Gasteiger partial charge in [-0.05, 0) is 24.6 Å². The highest BCUT2D eigenvalue weighted by Crippen LogP contribution is 2.29. The summed E-state index contributed by atoms with van der Waals surface area (Å²) in [5.74, 6) is -0.705. The minimum absolute atomic E-state index is 0.00725. The van der Waals surface area contributed by atoms with E-state index >= 15 is 0 Å². The van der Waals surface area contributed by atoms with Crippen LogP contribution in [0.4, 0.5) is 0 Å². The highest BCUT2D eigenvalue weighted by Gasteiger charge is 2.17. The molecular formula is C13H10BrClN2O3S. The van der Waals surface area contributed by atoms with Crippen molar-refractivity contribution < 1.29 is 9.90 Å². The summed E-state index contributed by atoms with van der Waals surface area (Å²) in [6.45, 7) is 1.53. The predicted octanol–water partition coefficient (Wildman–Crippen LogP) is 3.48. The van der Waals surface area contributed by atoms with E-state index in [1.165, 1.54) is 18.7 Å². The average Bonchev–Trinajstić information content (AvgIpc) is 2.36. The summed E-state index contributed by atoms with van der Waals surface area (Å²) in [5, 5.41) is 9.97. The van der Waals surface area contributed by atoms with Gasteiger partial charge in [0.1, 0.15) is 10.6 Å². The molecule has 1 aromatic carbocycles. The van der Waals surface area contributed by atoms with Crippen LogP contribution < -0.4 is 5.69 Å². The Bertz CT molecular complexity index is 764. The lowest BCUT2D eigenvalue weighted by Crippen LogP contribution is -2.18. The molecule has 0 bridgehead atoms. The number of nitrogens with zero attached hydrogens (tertiary/aromatic N) is 1. The van der Waals surface area contributed by atoms with Crippen molar-refractivity contribution in [3.05, 3.63) is 55.0 Å². The molecule has 0 fully saturated rings. The molecule has 0 atom stereocenters. The quantitative estimate of drug-likeness (QED) is 0.618. The largest absolute Gasteiger partial charge is 0.478 e. The molecule has 0 unspecified atom stereocenters. The lowest BCUT2D eigenvalue weighted by Gasteiger charge is -2.08. The zero-order chi connectivity index (χ0) is 15.6. The van der Waals surface area contributed by atoms with Crippen molar-refractivity contribution in [2.45, 2.75) is 17.7 Å². The van der Waals surface area contributed by atoms with Crippen LogP contribution in [0.5, 0.6) is 0 Å². The van der Waals surface area contributed by atoms with Gasteiger partial charge in [-0.3, -0.25) is 0 Å². The van der Waals surface area contributed by atoms with Crippen LogP contribution in [-0.4, -0.2) is 21.0 Å².